The number of para-hydroxylation sites is 1. The lowest BCUT2D eigenvalue weighted by Crippen LogP contribution is -2.24. The van der Waals surface area contributed by atoms with Crippen LogP contribution in [0.3, 0.4) is 0 Å². The van der Waals surface area contributed by atoms with Gasteiger partial charge in [-0.1, -0.05) is 30.0 Å². The first-order chi connectivity index (χ1) is 12.2. The second kappa shape index (κ2) is 7.03. The van der Waals surface area contributed by atoms with E-state index in [-0.39, 0.29) is 5.69 Å². The van der Waals surface area contributed by atoms with Gasteiger partial charge in [0.15, 0.2) is 5.16 Å². The smallest absolute Gasteiger partial charge is 0.333 e. The first-order valence-electron chi connectivity index (χ1n) is 7.84. The van der Waals surface area contributed by atoms with Gasteiger partial charge in [-0.2, -0.15) is 13.2 Å². The number of aryl methyl sites for hydroxylation is 1. The number of fused-ring (bicyclic) bond motifs is 1. The van der Waals surface area contributed by atoms with Gasteiger partial charge in [0.25, 0.3) is 0 Å². The van der Waals surface area contributed by atoms with Crippen molar-refractivity contribution in [3.63, 3.8) is 0 Å². The van der Waals surface area contributed by atoms with E-state index >= 15 is 0 Å². The molecule has 4 nitrogen and oxygen atoms in total. The number of amides is 1. The predicted molar refractivity (Wildman–Crippen MR) is 96.2 cm³/mol. The molecule has 8 heteroatoms. The van der Waals surface area contributed by atoms with Crippen molar-refractivity contribution in [2.75, 3.05) is 5.32 Å². The molecule has 0 aliphatic rings. The van der Waals surface area contributed by atoms with Crippen LogP contribution in [0.4, 0.5) is 18.9 Å². The number of nitrogens with one attached hydrogen (secondary N) is 2. The zero-order chi connectivity index (χ0) is 18.9. The molecule has 1 atom stereocenters. The minimum atomic E-state index is -4.53. The Kier molecular flexibility index (Phi) is 4.95. The highest BCUT2D eigenvalue weighted by molar-refractivity contribution is 8.00. The number of imidazole rings is 1. The number of aromatic amines is 1. The van der Waals surface area contributed by atoms with E-state index in [1.165, 1.54) is 18.2 Å². The summed E-state index contributed by atoms with van der Waals surface area (Å²) in [7, 11) is 0. The lowest BCUT2D eigenvalue weighted by molar-refractivity contribution is -0.137. The molecule has 2 aromatic carbocycles. The summed E-state index contributed by atoms with van der Waals surface area (Å²) in [5.41, 5.74) is 1.57. The Morgan fingerprint density at radius 1 is 1.23 bits per heavy atom. The van der Waals surface area contributed by atoms with Gasteiger partial charge in [-0.25, -0.2) is 4.98 Å². The van der Waals surface area contributed by atoms with Gasteiger partial charge < -0.3 is 10.3 Å². The number of benzene rings is 2. The van der Waals surface area contributed by atoms with Crippen LogP contribution >= 0.6 is 11.8 Å². The number of thioether (sulfide) groups is 1. The Labute approximate surface area is 152 Å². The molecule has 1 unspecified atom stereocenters. The fraction of sp³-hybridized carbons (Fsp3) is 0.222. The van der Waals surface area contributed by atoms with Crippen LogP contribution in [0, 0.1) is 6.92 Å². The van der Waals surface area contributed by atoms with E-state index in [2.05, 4.69) is 15.3 Å². The number of carbonyl (C=O) groups is 1. The van der Waals surface area contributed by atoms with E-state index in [0.29, 0.717) is 5.16 Å². The largest absolute Gasteiger partial charge is 0.418 e. The van der Waals surface area contributed by atoms with Gasteiger partial charge in [0.2, 0.25) is 5.91 Å². The molecule has 3 aromatic rings. The highest BCUT2D eigenvalue weighted by Crippen LogP contribution is 2.35. The summed E-state index contributed by atoms with van der Waals surface area (Å²) in [6.45, 7) is 3.58. The van der Waals surface area contributed by atoms with Crippen LogP contribution in [-0.2, 0) is 11.0 Å². The molecule has 2 N–H and O–H groups in total. The minimum absolute atomic E-state index is 0.252. The maximum Gasteiger partial charge on any atom is 0.418 e. The number of carbonyl (C=O) groups excluding carboxylic acids is 1. The average molecular weight is 379 g/mol. The first kappa shape index (κ1) is 18.3. The molecule has 136 valence electrons. The molecular weight excluding hydrogens is 363 g/mol. The molecule has 0 saturated carbocycles. The Morgan fingerprint density at radius 3 is 2.69 bits per heavy atom. The van der Waals surface area contributed by atoms with Crippen molar-refractivity contribution in [2.45, 2.75) is 30.4 Å². The fourth-order valence-electron chi connectivity index (χ4n) is 2.45. The second-order valence-electron chi connectivity index (χ2n) is 5.86. The van der Waals surface area contributed by atoms with E-state index < -0.39 is 22.9 Å². The van der Waals surface area contributed by atoms with Crippen LogP contribution in [0.1, 0.15) is 18.1 Å². The molecule has 0 aliphatic carbocycles. The summed E-state index contributed by atoms with van der Waals surface area (Å²) < 4.78 is 39.1. The number of alkyl halides is 3. The third-order valence-electron chi connectivity index (χ3n) is 3.76. The van der Waals surface area contributed by atoms with E-state index in [1.807, 2.05) is 25.1 Å². The lowest BCUT2D eigenvalue weighted by atomic mass is 10.1. The van der Waals surface area contributed by atoms with Crippen molar-refractivity contribution in [1.82, 2.24) is 9.97 Å². The Morgan fingerprint density at radius 2 is 1.96 bits per heavy atom. The Bertz CT molecular complexity index is 952. The van der Waals surface area contributed by atoms with Crippen LogP contribution < -0.4 is 5.32 Å². The maximum absolute atomic E-state index is 13.0. The number of hydrogen-bond donors (Lipinski definition) is 2. The summed E-state index contributed by atoms with van der Waals surface area (Å²) in [6, 6.07) is 10.7. The minimum Gasteiger partial charge on any atom is -0.333 e. The number of anilines is 1. The van der Waals surface area contributed by atoms with Gasteiger partial charge in [0, 0.05) is 0 Å². The van der Waals surface area contributed by atoms with Gasteiger partial charge in [-0.05, 0) is 43.7 Å². The number of aromatic nitrogens is 2. The summed E-state index contributed by atoms with van der Waals surface area (Å²) in [5, 5.41) is 2.27. The molecule has 0 bridgehead atoms. The van der Waals surface area contributed by atoms with Crippen molar-refractivity contribution in [1.29, 1.82) is 0 Å². The van der Waals surface area contributed by atoms with Crippen LogP contribution in [0.25, 0.3) is 11.0 Å². The number of H-pyrrole nitrogens is 1. The molecule has 1 heterocycles. The summed E-state index contributed by atoms with van der Waals surface area (Å²) >= 11 is 1.16. The van der Waals surface area contributed by atoms with Crippen LogP contribution in [0.2, 0.25) is 0 Å². The molecule has 3 rings (SSSR count). The van der Waals surface area contributed by atoms with Crippen molar-refractivity contribution < 1.29 is 18.0 Å². The number of hydrogen-bond acceptors (Lipinski definition) is 3. The van der Waals surface area contributed by atoms with E-state index in [4.69, 9.17) is 0 Å². The molecule has 0 aliphatic heterocycles. The summed E-state index contributed by atoms with van der Waals surface area (Å²) in [6.07, 6.45) is -4.53. The zero-order valence-corrected chi connectivity index (χ0v) is 14.8. The van der Waals surface area contributed by atoms with Gasteiger partial charge in [0.05, 0.1) is 27.5 Å². The van der Waals surface area contributed by atoms with Crippen molar-refractivity contribution in [3.8, 4) is 0 Å². The molecule has 1 amide bonds. The topological polar surface area (TPSA) is 57.8 Å². The molecule has 1 aromatic heterocycles. The molecule has 0 saturated heterocycles. The average Bonchev–Trinajstić information content (AvgIpc) is 2.95. The van der Waals surface area contributed by atoms with Crippen LogP contribution in [0.5, 0.6) is 0 Å². The summed E-state index contributed by atoms with van der Waals surface area (Å²) in [5.74, 6) is -0.525. The number of nitrogens with zero attached hydrogens (tertiary/aromatic N) is 1. The van der Waals surface area contributed by atoms with Gasteiger partial charge in [0.1, 0.15) is 0 Å². The number of halogens is 3. The Hall–Kier alpha value is -2.48. The van der Waals surface area contributed by atoms with Crippen molar-refractivity contribution in [3.05, 3.63) is 53.6 Å². The zero-order valence-electron chi connectivity index (χ0n) is 14.0. The van der Waals surface area contributed by atoms with Crippen LogP contribution in [0.15, 0.2) is 47.6 Å². The molecule has 26 heavy (non-hydrogen) atoms. The second-order valence-corrected chi connectivity index (χ2v) is 7.18. The first-order valence-corrected chi connectivity index (χ1v) is 8.72. The van der Waals surface area contributed by atoms with E-state index in [9.17, 15) is 18.0 Å². The van der Waals surface area contributed by atoms with E-state index in [1.54, 1.807) is 6.92 Å². The Balaban J connectivity index is 1.74. The quantitative estimate of drug-likeness (QED) is 0.627. The highest BCUT2D eigenvalue weighted by atomic mass is 32.2. The summed E-state index contributed by atoms with van der Waals surface area (Å²) in [4.78, 5) is 19.8. The molecule has 0 fully saturated rings. The molecule has 0 radical (unpaired) electrons. The maximum atomic E-state index is 13.0. The fourth-order valence-corrected chi connectivity index (χ4v) is 3.27. The van der Waals surface area contributed by atoms with Crippen LogP contribution in [-0.4, -0.2) is 21.1 Å². The van der Waals surface area contributed by atoms with Gasteiger partial charge >= 0.3 is 6.18 Å². The monoisotopic (exact) mass is 379 g/mol. The molecule has 0 spiro atoms. The third-order valence-corrected chi connectivity index (χ3v) is 4.75. The van der Waals surface area contributed by atoms with E-state index in [0.717, 1.165) is 34.4 Å². The highest BCUT2D eigenvalue weighted by Gasteiger charge is 2.34. The van der Waals surface area contributed by atoms with Crippen molar-refractivity contribution in [2.24, 2.45) is 0 Å². The van der Waals surface area contributed by atoms with Gasteiger partial charge in [-0.15, -0.1) is 0 Å². The third kappa shape index (κ3) is 4.01. The SMILES string of the molecule is Cc1ccc2nc(SC(C)C(=O)Nc3ccccc3C(F)(F)F)[nH]c2c1. The molecular formula is C18H16F3N3OS. The number of rotatable bonds is 4. The van der Waals surface area contributed by atoms with Crippen molar-refractivity contribution >= 4 is 34.4 Å². The standard InChI is InChI=1S/C18H16F3N3OS/c1-10-7-8-14-15(9-10)24-17(23-14)26-11(2)16(25)22-13-6-4-3-5-12(13)18(19,20)21/h3-9,11H,1-2H3,(H,22,25)(H,23,24). The predicted octanol–water partition coefficient (Wildman–Crippen LogP) is 5.01. The normalized spacial score (nSPS) is 13.0. The lowest BCUT2D eigenvalue weighted by Gasteiger charge is -2.15. The van der Waals surface area contributed by atoms with Gasteiger partial charge in [-0.3, -0.25) is 4.79 Å².